The summed E-state index contributed by atoms with van der Waals surface area (Å²) in [4.78, 5) is 17.1. The lowest BCUT2D eigenvalue weighted by molar-refractivity contribution is 0.566. The largest absolute Gasteiger partial charge is 0.317 e. The first kappa shape index (κ1) is 12.3. The fourth-order valence-corrected chi connectivity index (χ4v) is 2.45. The Morgan fingerprint density at radius 3 is 3.18 bits per heavy atom. The van der Waals surface area contributed by atoms with Crippen molar-refractivity contribution in [1.29, 1.82) is 0 Å². The van der Waals surface area contributed by atoms with Crippen LogP contribution in [0.2, 0.25) is 0 Å². The molecule has 0 saturated carbocycles. The Balaban J connectivity index is 1.99. The number of aryl methyl sites for hydroxylation is 1. The number of hydrogen-bond acceptors (Lipinski definition) is 4. The van der Waals surface area contributed by atoms with Crippen molar-refractivity contribution in [2.75, 3.05) is 13.1 Å². The quantitative estimate of drug-likeness (QED) is 0.797. The first-order valence-electron chi connectivity index (χ1n) is 5.96. The van der Waals surface area contributed by atoms with Crippen LogP contribution in [0.4, 0.5) is 0 Å². The number of aromatic nitrogens is 2. The van der Waals surface area contributed by atoms with Crippen molar-refractivity contribution in [3.8, 4) is 0 Å². The smallest absolute Gasteiger partial charge is 0.262 e. The predicted molar refractivity (Wildman–Crippen MR) is 71.7 cm³/mol. The Hall–Kier alpha value is -1.20. The second-order valence-corrected chi connectivity index (χ2v) is 4.88. The Morgan fingerprint density at radius 2 is 2.35 bits per heavy atom. The van der Waals surface area contributed by atoms with Gasteiger partial charge in [0.15, 0.2) is 0 Å². The molecule has 0 aliphatic carbocycles. The topological polar surface area (TPSA) is 46.9 Å². The molecule has 2 rings (SSSR count). The van der Waals surface area contributed by atoms with E-state index in [1.807, 2.05) is 11.4 Å². The maximum absolute atomic E-state index is 12.0. The molecule has 2 aromatic rings. The summed E-state index contributed by atoms with van der Waals surface area (Å²) in [5, 5.41) is 5.97. The van der Waals surface area contributed by atoms with Crippen molar-refractivity contribution in [2.24, 2.45) is 0 Å². The highest BCUT2D eigenvalue weighted by molar-refractivity contribution is 7.16. The summed E-state index contributed by atoms with van der Waals surface area (Å²) in [7, 11) is 0. The zero-order valence-electron chi connectivity index (χ0n) is 9.98. The fraction of sp³-hybridized carbons (Fsp3) is 0.500. The second kappa shape index (κ2) is 5.93. The molecule has 0 aliphatic rings. The van der Waals surface area contributed by atoms with Crippen LogP contribution in [0.15, 0.2) is 22.6 Å². The number of thiophene rings is 1. The molecule has 5 heteroatoms. The summed E-state index contributed by atoms with van der Waals surface area (Å²) in [5.74, 6) is 0. The minimum atomic E-state index is 0.0757. The molecule has 0 amide bonds. The molecule has 0 aliphatic heterocycles. The van der Waals surface area contributed by atoms with Crippen molar-refractivity contribution in [1.82, 2.24) is 14.9 Å². The van der Waals surface area contributed by atoms with E-state index in [0.717, 1.165) is 42.7 Å². The summed E-state index contributed by atoms with van der Waals surface area (Å²) < 4.78 is 1.70. The summed E-state index contributed by atoms with van der Waals surface area (Å²) >= 11 is 1.51. The van der Waals surface area contributed by atoms with Crippen LogP contribution < -0.4 is 10.9 Å². The van der Waals surface area contributed by atoms with Gasteiger partial charge < -0.3 is 5.32 Å². The average Bonchev–Trinajstić information content (AvgIpc) is 2.80. The van der Waals surface area contributed by atoms with Crippen LogP contribution in [0.5, 0.6) is 0 Å². The number of hydrogen-bond donors (Lipinski definition) is 1. The first-order chi connectivity index (χ1) is 8.33. The Bertz CT molecular complexity index is 532. The van der Waals surface area contributed by atoms with Gasteiger partial charge in [-0.2, -0.15) is 0 Å². The van der Waals surface area contributed by atoms with Crippen LogP contribution in [0.25, 0.3) is 10.2 Å². The van der Waals surface area contributed by atoms with E-state index < -0.39 is 0 Å². The van der Waals surface area contributed by atoms with E-state index in [-0.39, 0.29) is 5.56 Å². The van der Waals surface area contributed by atoms with Gasteiger partial charge in [0.25, 0.3) is 5.56 Å². The number of fused-ring (bicyclic) bond motifs is 1. The van der Waals surface area contributed by atoms with E-state index in [0.29, 0.717) is 0 Å². The van der Waals surface area contributed by atoms with E-state index in [4.69, 9.17) is 0 Å². The highest BCUT2D eigenvalue weighted by atomic mass is 32.1. The molecule has 17 heavy (non-hydrogen) atoms. The minimum absolute atomic E-state index is 0.0757. The summed E-state index contributed by atoms with van der Waals surface area (Å²) in [6.07, 6.45) is 3.75. The van der Waals surface area contributed by atoms with Crippen LogP contribution in [0.3, 0.4) is 0 Å². The van der Waals surface area contributed by atoms with Gasteiger partial charge >= 0.3 is 0 Å². The lowest BCUT2D eigenvalue weighted by atomic mass is 10.3. The van der Waals surface area contributed by atoms with E-state index >= 15 is 0 Å². The van der Waals surface area contributed by atoms with Gasteiger partial charge in [-0.3, -0.25) is 9.36 Å². The molecular weight excluding hydrogens is 234 g/mol. The molecule has 0 fully saturated rings. The van der Waals surface area contributed by atoms with E-state index in [1.54, 1.807) is 10.9 Å². The monoisotopic (exact) mass is 251 g/mol. The molecule has 1 N–H and O–H groups in total. The van der Waals surface area contributed by atoms with Gasteiger partial charge in [-0.25, -0.2) is 4.98 Å². The molecule has 0 atom stereocenters. The molecule has 0 bridgehead atoms. The maximum atomic E-state index is 12.0. The standard InChI is InChI=1S/C12H17N3OS/c1-2-5-13-6-3-7-15-9-14-11-10(12(15)16)4-8-17-11/h4,8-9,13H,2-3,5-7H2,1H3. The lowest BCUT2D eigenvalue weighted by Gasteiger charge is -2.05. The average molecular weight is 251 g/mol. The molecular formula is C12H17N3OS. The van der Waals surface area contributed by atoms with Crippen molar-refractivity contribution in [2.45, 2.75) is 26.3 Å². The Labute approximate surface area is 104 Å². The molecule has 0 radical (unpaired) electrons. The van der Waals surface area contributed by atoms with Crippen molar-refractivity contribution < 1.29 is 0 Å². The van der Waals surface area contributed by atoms with Crippen molar-refractivity contribution in [3.63, 3.8) is 0 Å². The van der Waals surface area contributed by atoms with Crippen LogP contribution in [-0.2, 0) is 6.54 Å². The van der Waals surface area contributed by atoms with Crippen molar-refractivity contribution >= 4 is 21.6 Å². The van der Waals surface area contributed by atoms with E-state index in [1.165, 1.54) is 11.3 Å². The van der Waals surface area contributed by atoms with Gasteiger partial charge in [0.05, 0.1) is 11.7 Å². The van der Waals surface area contributed by atoms with Gasteiger partial charge in [-0.05, 0) is 37.4 Å². The van der Waals surface area contributed by atoms with E-state index in [9.17, 15) is 4.79 Å². The molecule has 0 spiro atoms. The third-order valence-corrected chi connectivity index (χ3v) is 3.45. The van der Waals surface area contributed by atoms with Crippen molar-refractivity contribution in [3.05, 3.63) is 28.1 Å². The van der Waals surface area contributed by atoms with Gasteiger partial charge in [0.1, 0.15) is 4.83 Å². The Morgan fingerprint density at radius 1 is 1.47 bits per heavy atom. The van der Waals surface area contributed by atoms with Crippen LogP contribution in [0, 0.1) is 0 Å². The zero-order valence-corrected chi connectivity index (χ0v) is 10.8. The molecule has 92 valence electrons. The highest BCUT2D eigenvalue weighted by Crippen LogP contribution is 2.13. The molecule has 0 saturated heterocycles. The molecule has 0 unspecified atom stereocenters. The molecule has 2 aromatic heterocycles. The highest BCUT2D eigenvalue weighted by Gasteiger charge is 2.04. The third kappa shape index (κ3) is 2.92. The molecule has 4 nitrogen and oxygen atoms in total. The van der Waals surface area contributed by atoms with Gasteiger partial charge in [-0.1, -0.05) is 6.92 Å². The summed E-state index contributed by atoms with van der Waals surface area (Å²) in [6.45, 7) is 4.86. The van der Waals surface area contributed by atoms with Gasteiger partial charge in [-0.15, -0.1) is 11.3 Å². The summed E-state index contributed by atoms with van der Waals surface area (Å²) in [5.41, 5.74) is 0.0757. The van der Waals surface area contributed by atoms with Gasteiger partial charge in [0.2, 0.25) is 0 Å². The van der Waals surface area contributed by atoms with Gasteiger partial charge in [0, 0.05) is 6.54 Å². The SMILES string of the molecule is CCCNCCCn1cnc2sccc2c1=O. The van der Waals surface area contributed by atoms with Crippen LogP contribution in [0.1, 0.15) is 19.8 Å². The second-order valence-electron chi connectivity index (χ2n) is 3.99. The number of rotatable bonds is 6. The first-order valence-corrected chi connectivity index (χ1v) is 6.84. The van der Waals surface area contributed by atoms with Crippen LogP contribution >= 0.6 is 11.3 Å². The zero-order chi connectivity index (χ0) is 12.1. The van der Waals surface area contributed by atoms with E-state index in [2.05, 4.69) is 17.2 Å². The fourth-order valence-electron chi connectivity index (χ4n) is 1.73. The third-order valence-electron chi connectivity index (χ3n) is 2.63. The minimum Gasteiger partial charge on any atom is -0.317 e. The maximum Gasteiger partial charge on any atom is 0.262 e. The number of nitrogens with one attached hydrogen (secondary N) is 1. The Kier molecular flexibility index (Phi) is 4.28. The lowest BCUT2D eigenvalue weighted by Crippen LogP contribution is -2.23. The predicted octanol–water partition coefficient (Wildman–Crippen LogP) is 1.85. The summed E-state index contributed by atoms with van der Waals surface area (Å²) in [6, 6.07) is 1.85. The van der Waals surface area contributed by atoms with Crippen LogP contribution in [-0.4, -0.2) is 22.6 Å². The normalized spacial score (nSPS) is 11.1. The molecule has 0 aromatic carbocycles. The molecule has 2 heterocycles. The number of nitrogens with zero attached hydrogens (tertiary/aromatic N) is 2.